The molecule has 0 aliphatic carbocycles. The predicted octanol–water partition coefficient (Wildman–Crippen LogP) is 3.65. The van der Waals surface area contributed by atoms with Crippen molar-refractivity contribution < 1.29 is 4.79 Å². The van der Waals surface area contributed by atoms with Crippen molar-refractivity contribution in [2.75, 3.05) is 24.6 Å². The van der Waals surface area contributed by atoms with Crippen LogP contribution in [0.25, 0.3) is 0 Å². The number of nitrogen functional groups attached to an aromatic ring is 1. The van der Waals surface area contributed by atoms with Gasteiger partial charge in [-0.2, -0.15) is 0 Å². The molecule has 0 spiro atoms. The maximum absolute atomic E-state index is 11.6. The van der Waals surface area contributed by atoms with Crippen molar-refractivity contribution in [3.63, 3.8) is 0 Å². The molecule has 0 aliphatic rings. The van der Waals surface area contributed by atoms with Gasteiger partial charge in [0.15, 0.2) is 0 Å². The van der Waals surface area contributed by atoms with Gasteiger partial charge in [0, 0.05) is 19.2 Å². The van der Waals surface area contributed by atoms with Crippen LogP contribution < -0.4 is 16.4 Å². The Bertz CT molecular complexity index is 444. The maximum atomic E-state index is 11.6. The Labute approximate surface area is 128 Å². The van der Waals surface area contributed by atoms with E-state index in [-0.39, 0.29) is 5.91 Å². The molecule has 0 aliphatic heterocycles. The van der Waals surface area contributed by atoms with E-state index in [0.29, 0.717) is 11.3 Å². The van der Waals surface area contributed by atoms with E-state index < -0.39 is 0 Å². The van der Waals surface area contributed by atoms with E-state index >= 15 is 0 Å². The zero-order valence-corrected chi connectivity index (χ0v) is 13.5. The minimum absolute atomic E-state index is 0.0910. The van der Waals surface area contributed by atoms with Crippen LogP contribution in [0.5, 0.6) is 0 Å². The minimum Gasteiger partial charge on any atom is -0.397 e. The summed E-state index contributed by atoms with van der Waals surface area (Å²) in [4.78, 5) is 11.6. The minimum atomic E-state index is -0.0910. The summed E-state index contributed by atoms with van der Waals surface area (Å²) in [7, 11) is 1.63. The lowest BCUT2D eigenvalue weighted by atomic mass is 10.0. The van der Waals surface area contributed by atoms with Crippen LogP contribution in [0.4, 0.5) is 11.4 Å². The summed E-state index contributed by atoms with van der Waals surface area (Å²) in [5, 5.41) is 5.95. The van der Waals surface area contributed by atoms with Crippen molar-refractivity contribution in [1.29, 1.82) is 0 Å². The van der Waals surface area contributed by atoms with Crippen LogP contribution in [0.1, 0.15) is 56.3 Å². The van der Waals surface area contributed by atoms with E-state index in [0.717, 1.165) is 24.6 Å². The SMILES string of the molecule is CNC(=O)c1ccc(N)c(NCCCCCCC(C)C)c1. The summed E-state index contributed by atoms with van der Waals surface area (Å²) in [6.07, 6.45) is 6.27. The van der Waals surface area contributed by atoms with Gasteiger partial charge in [0.1, 0.15) is 0 Å². The van der Waals surface area contributed by atoms with E-state index in [9.17, 15) is 4.79 Å². The first kappa shape index (κ1) is 17.3. The molecule has 4 heteroatoms. The Morgan fingerprint density at radius 2 is 1.90 bits per heavy atom. The smallest absolute Gasteiger partial charge is 0.251 e. The molecule has 0 fully saturated rings. The quantitative estimate of drug-likeness (QED) is 0.480. The van der Waals surface area contributed by atoms with Gasteiger partial charge in [-0.05, 0) is 30.5 Å². The van der Waals surface area contributed by atoms with Crippen LogP contribution in [-0.2, 0) is 0 Å². The highest BCUT2D eigenvalue weighted by Gasteiger charge is 2.06. The number of amides is 1. The summed E-state index contributed by atoms with van der Waals surface area (Å²) in [5.74, 6) is 0.710. The van der Waals surface area contributed by atoms with Crippen LogP contribution in [0.15, 0.2) is 18.2 Å². The van der Waals surface area contributed by atoms with Crippen molar-refractivity contribution in [2.24, 2.45) is 5.92 Å². The molecule has 0 radical (unpaired) electrons. The molecule has 0 bridgehead atoms. The van der Waals surface area contributed by atoms with Gasteiger partial charge < -0.3 is 16.4 Å². The van der Waals surface area contributed by atoms with E-state index in [2.05, 4.69) is 24.5 Å². The highest BCUT2D eigenvalue weighted by atomic mass is 16.1. The van der Waals surface area contributed by atoms with E-state index in [4.69, 9.17) is 5.73 Å². The Morgan fingerprint density at radius 3 is 2.57 bits per heavy atom. The molecule has 1 rings (SSSR count). The predicted molar refractivity (Wildman–Crippen MR) is 90.7 cm³/mol. The third-order valence-corrected chi connectivity index (χ3v) is 3.57. The lowest BCUT2D eigenvalue weighted by Crippen LogP contribution is -2.18. The van der Waals surface area contributed by atoms with E-state index in [1.165, 1.54) is 25.7 Å². The van der Waals surface area contributed by atoms with E-state index in [1.807, 2.05) is 6.07 Å². The molecular formula is C17H29N3O. The number of rotatable bonds is 9. The molecule has 118 valence electrons. The second kappa shape index (κ2) is 9.27. The molecule has 0 heterocycles. The lowest BCUT2D eigenvalue weighted by Gasteiger charge is -2.11. The van der Waals surface area contributed by atoms with Crippen LogP contribution in [0.2, 0.25) is 0 Å². The first-order valence-corrected chi connectivity index (χ1v) is 7.90. The standard InChI is InChI=1S/C17H29N3O/c1-13(2)8-6-4-5-7-11-20-16-12-14(17(21)19-3)9-10-15(16)18/h9-10,12-13,20H,4-8,11,18H2,1-3H3,(H,19,21). The van der Waals surface area contributed by atoms with Crippen LogP contribution >= 0.6 is 0 Å². The normalized spacial score (nSPS) is 10.7. The molecule has 21 heavy (non-hydrogen) atoms. The van der Waals surface area contributed by atoms with Crippen molar-refractivity contribution in [3.8, 4) is 0 Å². The van der Waals surface area contributed by atoms with Crippen LogP contribution in [0.3, 0.4) is 0 Å². The average molecular weight is 291 g/mol. The number of benzene rings is 1. The zero-order valence-electron chi connectivity index (χ0n) is 13.5. The monoisotopic (exact) mass is 291 g/mol. The summed E-state index contributed by atoms with van der Waals surface area (Å²) >= 11 is 0. The molecule has 0 aromatic heterocycles. The summed E-state index contributed by atoms with van der Waals surface area (Å²) in [6.45, 7) is 5.43. The second-order valence-corrected chi connectivity index (χ2v) is 5.90. The summed E-state index contributed by atoms with van der Waals surface area (Å²) < 4.78 is 0. The second-order valence-electron chi connectivity index (χ2n) is 5.90. The lowest BCUT2D eigenvalue weighted by molar-refractivity contribution is 0.0963. The number of nitrogens with two attached hydrogens (primary N) is 1. The molecule has 1 aromatic rings. The highest BCUT2D eigenvalue weighted by Crippen LogP contribution is 2.20. The van der Waals surface area contributed by atoms with Gasteiger partial charge in [-0.3, -0.25) is 4.79 Å². The number of anilines is 2. The van der Waals surface area contributed by atoms with Gasteiger partial charge in [-0.25, -0.2) is 0 Å². The van der Waals surface area contributed by atoms with Gasteiger partial charge in [-0.1, -0.05) is 39.5 Å². The van der Waals surface area contributed by atoms with Gasteiger partial charge in [0.05, 0.1) is 11.4 Å². The molecule has 4 nitrogen and oxygen atoms in total. The molecule has 0 saturated heterocycles. The number of unbranched alkanes of at least 4 members (excludes halogenated alkanes) is 3. The molecule has 0 unspecified atom stereocenters. The molecule has 0 saturated carbocycles. The summed E-state index contributed by atoms with van der Waals surface area (Å²) in [6, 6.07) is 5.33. The Kier molecular flexibility index (Phi) is 7.65. The van der Waals surface area contributed by atoms with Crippen molar-refractivity contribution in [2.45, 2.75) is 46.0 Å². The third kappa shape index (κ3) is 6.52. The number of carbonyl (C=O) groups excluding carboxylic acids is 1. The first-order chi connectivity index (χ1) is 10.0. The van der Waals surface area contributed by atoms with Crippen molar-refractivity contribution in [1.82, 2.24) is 5.32 Å². The number of hydrogen-bond acceptors (Lipinski definition) is 3. The summed E-state index contributed by atoms with van der Waals surface area (Å²) in [5.41, 5.74) is 8.09. The number of nitrogens with one attached hydrogen (secondary N) is 2. The van der Waals surface area contributed by atoms with Gasteiger partial charge in [0.2, 0.25) is 0 Å². The highest BCUT2D eigenvalue weighted by molar-refractivity contribution is 5.96. The van der Waals surface area contributed by atoms with Crippen molar-refractivity contribution in [3.05, 3.63) is 23.8 Å². The Morgan fingerprint density at radius 1 is 1.19 bits per heavy atom. The molecule has 1 aromatic carbocycles. The fraction of sp³-hybridized carbons (Fsp3) is 0.588. The third-order valence-electron chi connectivity index (χ3n) is 3.57. The molecule has 0 atom stereocenters. The molecule has 4 N–H and O–H groups in total. The molecule has 1 amide bonds. The average Bonchev–Trinajstić information content (AvgIpc) is 2.46. The maximum Gasteiger partial charge on any atom is 0.251 e. The molecular weight excluding hydrogens is 262 g/mol. The van der Waals surface area contributed by atoms with Gasteiger partial charge in [0.25, 0.3) is 5.91 Å². The van der Waals surface area contributed by atoms with Crippen molar-refractivity contribution >= 4 is 17.3 Å². The zero-order chi connectivity index (χ0) is 15.7. The number of hydrogen-bond donors (Lipinski definition) is 3. The Hall–Kier alpha value is -1.71. The van der Waals surface area contributed by atoms with E-state index in [1.54, 1.807) is 19.2 Å². The first-order valence-electron chi connectivity index (χ1n) is 7.90. The Balaban J connectivity index is 2.33. The fourth-order valence-corrected chi connectivity index (χ4v) is 2.25. The van der Waals surface area contributed by atoms with Gasteiger partial charge >= 0.3 is 0 Å². The topological polar surface area (TPSA) is 67.2 Å². The van der Waals surface area contributed by atoms with Crippen LogP contribution in [-0.4, -0.2) is 19.5 Å². The number of carbonyl (C=O) groups is 1. The largest absolute Gasteiger partial charge is 0.397 e. The van der Waals surface area contributed by atoms with Gasteiger partial charge in [-0.15, -0.1) is 0 Å². The fourth-order valence-electron chi connectivity index (χ4n) is 2.25. The van der Waals surface area contributed by atoms with Crippen LogP contribution in [0, 0.1) is 5.92 Å².